The van der Waals surface area contributed by atoms with Crippen LogP contribution in [0.4, 0.5) is 5.13 Å². The lowest BCUT2D eigenvalue weighted by atomic mass is 10.1. The fourth-order valence-corrected chi connectivity index (χ4v) is 2.90. The Morgan fingerprint density at radius 1 is 1.50 bits per heavy atom. The van der Waals surface area contributed by atoms with Crippen LogP contribution in [0, 0.1) is 5.92 Å². The monoisotopic (exact) mass is 326 g/mol. The molecule has 0 saturated carbocycles. The van der Waals surface area contributed by atoms with Crippen LogP contribution < -0.4 is 11.1 Å². The minimum absolute atomic E-state index is 0.0545. The molecule has 0 aromatic carbocycles. The predicted molar refractivity (Wildman–Crippen MR) is 84.3 cm³/mol. The molecule has 1 aromatic heterocycles. The molecule has 0 radical (unpaired) electrons. The van der Waals surface area contributed by atoms with Crippen molar-refractivity contribution in [3.8, 4) is 0 Å². The number of hydrogen-bond acceptors (Lipinski definition) is 7. The summed E-state index contributed by atoms with van der Waals surface area (Å²) < 4.78 is 0. The van der Waals surface area contributed by atoms with Crippen molar-refractivity contribution in [1.82, 2.24) is 25.3 Å². The van der Waals surface area contributed by atoms with E-state index < -0.39 is 0 Å². The summed E-state index contributed by atoms with van der Waals surface area (Å²) in [4.78, 5) is 27.8. The summed E-state index contributed by atoms with van der Waals surface area (Å²) in [6, 6.07) is 0. The highest BCUT2D eigenvalue weighted by Gasteiger charge is 2.33. The van der Waals surface area contributed by atoms with Crippen molar-refractivity contribution in [2.45, 2.75) is 12.8 Å². The molecule has 1 saturated heterocycles. The van der Waals surface area contributed by atoms with Gasteiger partial charge >= 0.3 is 0 Å². The van der Waals surface area contributed by atoms with Gasteiger partial charge in [0.05, 0.1) is 5.92 Å². The van der Waals surface area contributed by atoms with Gasteiger partial charge in [0.2, 0.25) is 16.9 Å². The topological polar surface area (TPSA) is 104 Å². The minimum Gasteiger partial charge on any atom is -0.374 e. The molecule has 0 aliphatic carbocycles. The number of anilines is 1. The number of carbonyl (C=O) groups excluding carboxylic acids is 2. The Balaban J connectivity index is 1.72. The first-order valence-electron chi connectivity index (χ1n) is 7.23. The van der Waals surface area contributed by atoms with Crippen LogP contribution in [0.5, 0.6) is 0 Å². The van der Waals surface area contributed by atoms with E-state index in [1.807, 2.05) is 19.0 Å². The van der Waals surface area contributed by atoms with Crippen molar-refractivity contribution in [1.29, 1.82) is 0 Å². The lowest BCUT2D eigenvalue weighted by Gasteiger charge is -2.19. The van der Waals surface area contributed by atoms with Gasteiger partial charge in [-0.2, -0.15) is 0 Å². The van der Waals surface area contributed by atoms with Gasteiger partial charge in [0, 0.05) is 39.0 Å². The van der Waals surface area contributed by atoms with E-state index in [-0.39, 0.29) is 17.7 Å². The van der Waals surface area contributed by atoms with Crippen molar-refractivity contribution in [2.24, 2.45) is 5.92 Å². The van der Waals surface area contributed by atoms with Crippen molar-refractivity contribution in [3.05, 3.63) is 5.01 Å². The van der Waals surface area contributed by atoms with Crippen LogP contribution in [0.2, 0.25) is 0 Å². The second kappa shape index (κ2) is 7.50. The first-order chi connectivity index (χ1) is 10.5. The Morgan fingerprint density at radius 3 is 2.91 bits per heavy atom. The number of hydrogen-bond donors (Lipinski definition) is 2. The zero-order valence-electron chi connectivity index (χ0n) is 12.9. The van der Waals surface area contributed by atoms with Crippen LogP contribution in [0.25, 0.3) is 0 Å². The van der Waals surface area contributed by atoms with Crippen molar-refractivity contribution in [2.75, 3.05) is 46.0 Å². The van der Waals surface area contributed by atoms with Crippen molar-refractivity contribution < 1.29 is 9.59 Å². The summed E-state index contributed by atoms with van der Waals surface area (Å²) in [5.41, 5.74) is 5.50. The number of likely N-dealkylation sites (tertiary alicyclic amines) is 1. The zero-order valence-corrected chi connectivity index (χ0v) is 13.7. The number of amides is 2. The lowest BCUT2D eigenvalue weighted by Crippen LogP contribution is -2.36. The van der Waals surface area contributed by atoms with Gasteiger partial charge in [0.15, 0.2) is 0 Å². The van der Waals surface area contributed by atoms with Crippen molar-refractivity contribution in [3.63, 3.8) is 0 Å². The Morgan fingerprint density at radius 2 is 2.27 bits per heavy atom. The van der Waals surface area contributed by atoms with Crippen molar-refractivity contribution >= 4 is 28.3 Å². The summed E-state index contributed by atoms with van der Waals surface area (Å²) in [5, 5.41) is 11.7. The molecule has 9 heteroatoms. The molecule has 0 unspecified atom stereocenters. The molecule has 8 nitrogen and oxygen atoms in total. The van der Waals surface area contributed by atoms with Gasteiger partial charge < -0.3 is 20.9 Å². The Labute approximate surface area is 133 Å². The molecule has 1 aliphatic rings. The molecule has 0 bridgehead atoms. The van der Waals surface area contributed by atoms with Crippen LogP contribution in [0.15, 0.2) is 0 Å². The van der Waals surface area contributed by atoms with Crippen LogP contribution in [0.3, 0.4) is 0 Å². The third kappa shape index (κ3) is 4.63. The van der Waals surface area contributed by atoms with E-state index in [1.165, 1.54) is 11.3 Å². The maximum atomic E-state index is 12.1. The molecule has 2 rings (SSSR count). The van der Waals surface area contributed by atoms with Gasteiger partial charge in [-0.1, -0.05) is 11.3 Å². The van der Waals surface area contributed by atoms with Gasteiger partial charge in [-0.25, -0.2) is 0 Å². The van der Waals surface area contributed by atoms with Gasteiger partial charge in [0.25, 0.3) is 0 Å². The zero-order chi connectivity index (χ0) is 16.1. The highest BCUT2D eigenvalue weighted by Crippen LogP contribution is 2.17. The average Bonchev–Trinajstić information content (AvgIpc) is 3.03. The number of rotatable bonds is 7. The molecule has 1 atom stereocenters. The van der Waals surface area contributed by atoms with E-state index in [0.717, 1.165) is 11.6 Å². The summed E-state index contributed by atoms with van der Waals surface area (Å²) in [5.74, 6) is -0.272. The normalized spacial score (nSPS) is 18.2. The van der Waals surface area contributed by atoms with Crippen LogP contribution in [-0.4, -0.2) is 72.1 Å². The number of carbonyl (C=O) groups is 2. The van der Waals surface area contributed by atoms with Gasteiger partial charge in [0.1, 0.15) is 5.01 Å². The first kappa shape index (κ1) is 16.6. The summed E-state index contributed by atoms with van der Waals surface area (Å²) in [6.07, 6.45) is 0.899. The lowest BCUT2D eigenvalue weighted by molar-refractivity contribution is -0.129. The van der Waals surface area contributed by atoms with Gasteiger partial charge in [-0.15, -0.1) is 10.2 Å². The largest absolute Gasteiger partial charge is 0.374 e. The third-order valence-electron chi connectivity index (χ3n) is 3.52. The number of likely N-dealkylation sites (N-methyl/N-ethyl adjacent to an activating group) is 1. The molecule has 2 heterocycles. The highest BCUT2D eigenvalue weighted by molar-refractivity contribution is 7.15. The molecule has 1 fully saturated rings. The molecule has 3 N–H and O–H groups in total. The number of nitrogens with two attached hydrogens (primary N) is 1. The Bertz CT molecular complexity index is 532. The van der Waals surface area contributed by atoms with E-state index >= 15 is 0 Å². The quantitative estimate of drug-likeness (QED) is 0.679. The SMILES string of the molecule is CN(C)CCN1C[C@@H](C(=O)NCCc2nnc(N)s2)CC1=O. The number of nitrogen functional groups attached to an aromatic ring is 1. The maximum Gasteiger partial charge on any atom is 0.225 e. The molecular formula is C13H22N6O2S. The second-order valence-electron chi connectivity index (χ2n) is 5.62. The maximum absolute atomic E-state index is 12.1. The number of aromatic nitrogens is 2. The average molecular weight is 326 g/mol. The van der Waals surface area contributed by atoms with Gasteiger partial charge in [-0.3, -0.25) is 9.59 Å². The molecular weight excluding hydrogens is 304 g/mol. The van der Waals surface area contributed by atoms with E-state index in [1.54, 1.807) is 4.90 Å². The van der Waals surface area contributed by atoms with E-state index in [4.69, 9.17) is 5.73 Å². The summed E-state index contributed by atoms with van der Waals surface area (Å²) in [6.45, 7) is 2.46. The predicted octanol–water partition coefficient (Wildman–Crippen LogP) is -0.811. The molecule has 1 aromatic rings. The molecule has 122 valence electrons. The molecule has 0 spiro atoms. The standard InChI is InChI=1S/C13H22N6O2S/c1-18(2)5-6-19-8-9(7-11(19)20)12(21)15-4-3-10-16-17-13(14)22-10/h9H,3-8H2,1-2H3,(H2,14,17)(H,15,21)/t9-/m0/s1. The van der Waals surface area contributed by atoms with Crippen LogP contribution >= 0.6 is 11.3 Å². The van der Waals surface area contributed by atoms with E-state index in [0.29, 0.717) is 37.6 Å². The smallest absolute Gasteiger partial charge is 0.225 e. The van der Waals surface area contributed by atoms with Gasteiger partial charge in [-0.05, 0) is 14.1 Å². The fourth-order valence-electron chi connectivity index (χ4n) is 2.29. The minimum atomic E-state index is -0.255. The summed E-state index contributed by atoms with van der Waals surface area (Å²) >= 11 is 1.32. The number of nitrogens with zero attached hydrogens (tertiary/aromatic N) is 4. The first-order valence-corrected chi connectivity index (χ1v) is 8.05. The van der Waals surface area contributed by atoms with E-state index in [2.05, 4.69) is 15.5 Å². The van der Waals surface area contributed by atoms with Crippen LogP contribution in [0.1, 0.15) is 11.4 Å². The highest BCUT2D eigenvalue weighted by atomic mass is 32.1. The third-order valence-corrected chi connectivity index (χ3v) is 4.34. The molecule has 1 aliphatic heterocycles. The Kier molecular flexibility index (Phi) is 5.67. The Hall–Kier alpha value is -1.74. The molecule has 2 amide bonds. The molecule has 22 heavy (non-hydrogen) atoms. The second-order valence-corrected chi connectivity index (χ2v) is 6.71. The summed E-state index contributed by atoms with van der Waals surface area (Å²) in [7, 11) is 3.93. The van der Waals surface area contributed by atoms with E-state index in [9.17, 15) is 9.59 Å². The number of nitrogens with one attached hydrogen (secondary N) is 1. The fraction of sp³-hybridized carbons (Fsp3) is 0.692. The van der Waals surface area contributed by atoms with Crippen LogP contribution in [-0.2, 0) is 16.0 Å².